The number of amides is 1. The molecule has 0 unspecified atom stereocenters. The molecule has 128 valence electrons. The molecule has 3 N–H and O–H groups in total. The van der Waals surface area contributed by atoms with E-state index >= 15 is 0 Å². The zero-order valence-corrected chi connectivity index (χ0v) is 12.5. The third-order valence-electron chi connectivity index (χ3n) is 3.26. The number of carbonyl (C=O) groups excluding carboxylic acids is 1. The minimum Gasteiger partial charge on any atom is -0.406 e. The highest BCUT2D eigenvalue weighted by Gasteiger charge is 2.30. The Morgan fingerprint density at radius 3 is 2.32 bits per heavy atom. The summed E-state index contributed by atoms with van der Waals surface area (Å²) in [5.74, 6) is -0.802. The molecule has 0 spiro atoms. The Bertz CT molecular complexity index is 904. The van der Waals surface area contributed by atoms with Crippen molar-refractivity contribution < 1.29 is 22.7 Å². The molecule has 2 aromatic carbocycles. The van der Waals surface area contributed by atoms with E-state index in [1.54, 1.807) is 24.3 Å². The maximum absolute atomic E-state index is 12.2. The predicted molar refractivity (Wildman–Crippen MR) is 82.5 cm³/mol. The number of alkyl halides is 3. The van der Waals surface area contributed by atoms with Gasteiger partial charge in [-0.3, -0.25) is 9.89 Å². The zero-order chi connectivity index (χ0) is 18.0. The number of halogens is 3. The van der Waals surface area contributed by atoms with Crippen molar-refractivity contribution in [3.8, 4) is 28.3 Å². The minimum atomic E-state index is -4.73. The molecule has 1 aromatic heterocycles. The summed E-state index contributed by atoms with van der Waals surface area (Å²) in [6.45, 7) is 0. The van der Waals surface area contributed by atoms with Gasteiger partial charge in [0.1, 0.15) is 5.75 Å². The number of hydrogen-bond acceptors (Lipinski definition) is 4. The third-order valence-corrected chi connectivity index (χ3v) is 3.26. The molecule has 3 aromatic rings. The number of nitrogens with two attached hydrogens (primary N) is 1. The molecular weight excluding hydrogens is 337 g/mol. The van der Waals surface area contributed by atoms with Gasteiger partial charge in [-0.15, -0.1) is 13.2 Å². The molecule has 0 aliphatic rings. The molecule has 0 aliphatic carbocycles. The summed E-state index contributed by atoms with van der Waals surface area (Å²) in [5.41, 5.74) is 7.16. The predicted octanol–water partition coefficient (Wildman–Crippen LogP) is 3.14. The fourth-order valence-corrected chi connectivity index (χ4v) is 2.19. The van der Waals surface area contributed by atoms with Gasteiger partial charge >= 0.3 is 6.36 Å². The SMILES string of the molecule is NC(=O)c1nc(-c2cccc(-c3ccc(OC(F)(F)F)cc3)c2)n[nH]1. The van der Waals surface area contributed by atoms with E-state index in [0.29, 0.717) is 11.1 Å². The standard InChI is InChI=1S/C16H11F3N4O2/c17-16(18,19)25-12-6-4-9(5-7-12)10-2-1-3-11(8-10)14-21-15(13(20)24)23-22-14/h1-8H,(H2,20,24)(H,21,22,23). The highest BCUT2D eigenvalue weighted by Crippen LogP contribution is 2.28. The van der Waals surface area contributed by atoms with Crippen molar-refractivity contribution in [3.63, 3.8) is 0 Å². The van der Waals surface area contributed by atoms with E-state index in [1.165, 1.54) is 24.3 Å². The lowest BCUT2D eigenvalue weighted by Crippen LogP contribution is -2.16. The van der Waals surface area contributed by atoms with E-state index in [9.17, 15) is 18.0 Å². The van der Waals surface area contributed by atoms with Gasteiger partial charge in [-0.05, 0) is 29.3 Å². The Kier molecular flexibility index (Phi) is 4.14. The maximum atomic E-state index is 12.2. The molecule has 1 amide bonds. The number of nitrogens with zero attached hydrogens (tertiary/aromatic N) is 2. The maximum Gasteiger partial charge on any atom is 0.573 e. The second-order valence-corrected chi connectivity index (χ2v) is 5.02. The van der Waals surface area contributed by atoms with Crippen LogP contribution in [0.3, 0.4) is 0 Å². The van der Waals surface area contributed by atoms with Crippen LogP contribution in [0.25, 0.3) is 22.5 Å². The molecule has 0 radical (unpaired) electrons. The molecule has 1 heterocycles. The largest absolute Gasteiger partial charge is 0.573 e. The molecular formula is C16H11F3N4O2. The highest BCUT2D eigenvalue weighted by atomic mass is 19.4. The van der Waals surface area contributed by atoms with E-state index in [4.69, 9.17) is 5.73 Å². The number of nitrogens with one attached hydrogen (secondary N) is 1. The monoisotopic (exact) mass is 348 g/mol. The molecule has 0 saturated carbocycles. The smallest absolute Gasteiger partial charge is 0.406 e. The molecule has 0 aliphatic heterocycles. The fourth-order valence-electron chi connectivity index (χ4n) is 2.19. The van der Waals surface area contributed by atoms with Crippen LogP contribution in [0, 0.1) is 0 Å². The van der Waals surface area contributed by atoms with Crippen LogP contribution in [0.5, 0.6) is 5.75 Å². The Labute approximate surface area is 139 Å². The van der Waals surface area contributed by atoms with Gasteiger partial charge in [0, 0.05) is 5.56 Å². The van der Waals surface area contributed by atoms with Crippen LogP contribution in [0.2, 0.25) is 0 Å². The number of aromatic nitrogens is 3. The first-order valence-electron chi connectivity index (χ1n) is 7.01. The molecule has 0 saturated heterocycles. The summed E-state index contributed by atoms with van der Waals surface area (Å²) < 4.78 is 40.4. The van der Waals surface area contributed by atoms with Gasteiger partial charge in [0.25, 0.3) is 5.91 Å². The summed E-state index contributed by atoms with van der Waals surface area (Å²) in [6, 6.07) is 12.5. The highest BCUT2D eigenvalue weighted by molar-refractivity contribution is 5.89. The van der Waals surface area contributed by atoms with Gasteiger partial charge < -0.3 is 10.5 Å². The number of aromatic amines is 1. The number of carbonyl (C=O) groups is 1. The van der Waals surface area contributed by atoms with E-state index in [0.717, 1.165) is 5.56 Å². The first-order chi connectivity index (χ1) is 11.8. The summed E-state index contributed by atoms with van der Waals surface area (Å²) in [6.07, 6.45) is -4.73. The average Bonchev–Trinajstić information content (AvgIpc) is 3.04. The van der Waals surface area contributed by atoms with Crippen molar-refractivity contribution in [1.29, 1.82) is 0 Å². The Morgan fingerprint density at radius 1 is 1.04 bits per heavy atom. The van der Waals surface area contributed by atoms with Crippen LogP contribution < -0.4 is 10.5 Å². The lowest BCUT2D eigenvalue weighted by atomic mass is 10.0. The van der Waals surface area contributed by atoms with Crippen molar-refractivity contribution in [3.05, 3.63) is 54.4 Å². The number of H-pyrrole nitrogens is 1. The van der Waals surface area contributed by atoms with Gasteiger partial charge in [0.2, 0.25) is 5.82 Å². The normalized spacial score (nSPS) is 11.3. The van der Waals surface area contributed by atoms with Gasteiger partial charge in [-0.25, -0.2) is 4.98 Å². The van der Waals surface area contributed by atoms with Crippen LogP contribution in [-0.2, 0) is 0 Å². The molecule has 6 nitrogen and oxygen atoms in total. The molecule has 0 fully saturated rings. The van der Waals surface area contributed by atoms with Gasteiger partial charge in [-0.1, -0.05) is 30.3 Å². The van der Waals surface area contributed by atoms with E-state index in [2.05, 4.69) is 19.9 Å². The zero-order valence-electron chi connectivity index (χ0n) is 12.5. The average molecular weight is 348 g/mol. The number of ether oxygens (including phenoxy) is 1. The first-order valence-corrected chi connectivity index (χ1v) is 7.01. The van der Waals surface area contributed by atoms with E-state index in [-0.39, 0.29) is 17.4 Å². The number of benzene rings is 2. The molecule has 9 heteroatoms. The Morgan fingerprint density at radius 2 is 1.72 bits per heavy atom. The van der Waals surface area contributed by atoms with Gasteiger partial charge in [0.05, 0.1) is 0 Å². The Balaban J connectivity index is 1.87. The summed E-state index contributed by atoms with van der Waals surface area (Å²) in [5, 5.41) is 6.35. The van der Waals surface area contributed by atoms with Crippen molar-refractivity contribution >= 4 is 5.91 Å². The second kappa shape index (κ2) is 6.27. The van der Waals surface area contributed by atoms with Crippen molar-refractivity contribution in [1.82, 2.24) is 15.2 Å². The van der Waals surface area contributed by atoms with Gasteiger partial charge in [0.15, 0.2) is 5.82 Å². The van der Waals surface area contributed by atoms with Crippen LogP contribution in [0.4, 0.5) is 13.2 Å². The van der Waals surface area contributed by atoms with Crippen LogP contribution in [-0.4, -0.2) is 27.5 Å². The fraction of sp³-hybridized carbons (Fsp3) is 0.0625. The summed E-state index contributed by atoms with van der Waals surface area (Å²) in [4.78, 5) is 15.0. The van der Waals surface area contributed by atoms with Crippen molar-refractivity contribution in [2.45, 2.75) is 6.36 Å². The number of primary amides is 1. The topological polar surface area (TPSA) is 93.9 Å². The lowest BCUT2D eigenvalue weighted by Gasteiger charge is -2.09. The number of rotatable bonds is 4. The summed E-state index contributed by atoms with van der Waals surface area (Å²) >= 11 is 0. The van der Waals surface area contributed by atoms with Crippen molar-refractivity contribution in [2.24, 2.45) is 5.73 Å². The molecule has 3 rings (SSSR count). The molecule has 0 bridgehead atoms. The third kappa shape index (κ3) is 3.94. The molecule has 25 heavy (non-hydrogen) atoms. The number of hydrogen-bond donors (Lipinski definition) is 2. The van der Waals surface area contributed by atoms with Gasteiger partial charge in [-0.2, -0.15) is 5.10 Å². The van der Waals surface area contributed by atoms with E-state index in [1.807, 2.05) is 0 Å². The molecule has 0 atom stereocenters. The van der Waals surface area contributed by atoms with Crippen molar-refractivity contribution in [2.75, 3.05) is 0 Å². The van der Waals surface area contributed by atoms with Crippen LogP contribution in [0.1, 0.15) is 10.6 Å². The summed E-state index contributed by atoms with van der Waals surface area (Å²) in [7, 11) is 0. The minimum absolute atomic E-state index is 0.0611. The van der Waals surface area contributed by atoms with Crippen LogP contribution >= 0.6 is 0 Å². The quantitative estimate of drug-likeness (QED) is 0.757. The Hall–Kier alpha value is -3.36. The second-order valence-electron chi connectivity index (χ2n) is 5.02. The van der Waals surface area contributed by atoms with E-state index < -0.39 is 12.3 Å². The first kappa shape index (κ1) is 16.5. The lowest BCUT2D eigenvalue weighted by molar-refractivity contribution is -0.274. The van der Waals surface area contributed by atoms with Crippen LogP contribution in [0.15, 0.2) is 48.5 Å².